The van der Waals surface area contributed by atoms with E-state index >= 15 is 0 Å². The largest absolute Gasteiger partial charge is 0.426 e. The van der Waals surface area contributed by atoms with Gasteiger partial charge >= 0.3 is 5.97 Å². The molecule has 1 unspecified atom stereocenters. The molecule has 0 fully saturated rings. The molecule has 0 saturated heterocycles. The van der Waals surface area contributed by atoms with Gasteiger partial charge < -0.3 is 4.74 Å². The van der Waals surface area contributed by atoms with Gasteiger partial charge in [-0.15, -0.1) is 12.6 Å². The first-order valence-electron chi connectivity index (χ1n) is 4.69. The standard InChI is InChI=1S/C11H10O3S3/c1-7(17-11(15)16)10(13)14-9-4-2-8(6-12)3-5-9/h2-7H,1H3,(H,15,16). The van der Waals surface area contributed by atoms with Crippen LogP contribution in [0.15, 0.2) is 24.3 Å². The van der Waals surface area contributed by atoms with Crippen molar-refractivity contribution in [1.29, 1.82) is 0 Å². The molecule has 0 amide bonds. The number of thiol groups is 1. The predicted octanol–water partition coefficient (Wildman–Crippen LogP) is 2.74. The van der Waals surface area contributed by atoms with Crippen molar-refractivity contribution in [3.05, 3.63) is 29.8 Å². The first-order valence-corrected chi connectivity index (χ1v) is 6.43. The maximum Gasteiger partial charge on any atom is 0.324 e. The lowest BCUT2D eigenvalue weighted by Crippen LogP contribution is -2.20. The Balaban J connectivity index is 2.61. The molecular weight excluding hydrogens is 276 g/mol. The molecule has 3 nitrogen and oxygen atoms in total. The van der Waals surface area contributed by atoms with Crippen LogP contribution in [0.2, 0.25) is 0 Å². The van der Waals surface area contributed by atoms with Crippen LogP contribution >= 0.6 is 36.6 Å². The number of ether oxygens (including phenoxy) is 1. The molecule has 1 atom stereocenters. The molecule has 0 aliphatic carbocycles. The minimum Gasteiger partial charge on any atom is -0.426 e. The first kappa shape index (κ1) is 14.2. The molecule has 17 heavy (non-hydrogen) atoms. The highest BCUT2D eigenvalue weighted by Crippen LogP contribution is 2.19. The predicted molar refractivity (Wildman–Crippen MR) is 76.1 cm³/mol. The maximum absolute atomic E-state index is 11.6. The Kier molecular flexibility index (Phi) is 5.67. The zero-order valence-electron chi connectivity index (χ0n) is 8.95. The molecule has 1 aromatic carbocycles. The van der Waals surface area contributed by atoms with Gasteiger partial charge in [0.15, 0.2) is 0 Å². The fourth-order valence-electron chi connectivity index (χ4n) is 1.01. The lowest BCUT2D eigenvalue weighted by atomic mass is 10.2. The molecule has 90 valence electrons. The number of benzene rings is 1. The second kappa shape index (κ2) is 6.78. The summed E-state index contributed by atoms with van der Waals surface area (Å²) in [6, 6.07) is 6.30. The van der Waals surface area contributed by atoms with Gasteiger partial charge in [0.1, 0.15) is 20.8 Å². The molecule has 0 N–H and O–H groups in total. The van der Waals surface area contributed by atoms with Gasteiger partial charge in [-0.2, -0.15) is 0 Å². The fraction of sp³-hybridized carbons (Fsp3) is 0.182. The molecule has 0 radical (unpaired) electrons. The van der Waals surface area contributed by atoms with Crippen LogP contribution in [0.1, 0.15) is 17.3 Å². The van der Waals surface area contributed by atoms with Crippen LogP contribution in [-0.4, -0.2) is 21.0 Å². The van der Waals surface area contributed by atoms with Crippen LogP contribution in [0, 0.1) is 0 Å². The van der Waals surface area contributed by atoms with E-state index in [1.165, 1.54) is 0 Å². The highest BCUT2D eigenvalue weighted by atomic mass is 32.2. The van der Waals surface area contributed by atoms with Gasteiger partial charge in [-0.25, -0.2) is 0 Å². The van der Waals surface area contributed by atoms with Gasteiger partial charge in [0.05, 0.1) is 0 Å². The second-order valence-corrected chi connectivity index (χ2v) is 6.20. The monoisotopic (exact) mass is 286 g/mol. The summed E-state index contributed by atoms with van der Waals surface area (Å²) in [5.41, 5.74) is 0.531. The average molecular weight is 286 g/mol. The zero-order valence-corrected chi connectivity index (χ0v) is 11.5. The van der Waals surface area contributed by atoms with Gasteiger partial charge in [-0.1, -0.05) is 24.0 Å². The summed E-state index contributed by atoms with van der Waals surface area (Å²) in [7, 11) is 0. The van der Waals surface area contributed by atoms with Crippen LogP contribution < -0.4 is 4.74 Å². The van der Waals surface area contributed by atoms with Crippen molar-refractivity contribution in [3.8, 4) is 5.75 Å². The van der Waals surface area contributed by atoms with Gasteiger partial charge in [-0.05, 0) is 31.2 Å². The van der Waals surface area contributed by atoms with Crippen molar-refractivity contribution in [1.82, 2.24) is 0 Å². The number of carbonyl (C=O) groups is 2. The van der Waals surface area contributed by atoms with Crippen LogP contribution in [-0.2, 0) is 4.79 Å². The topological polar surface area (TPSA) is 43.4 Å². The van der Waals surface area contributed by atoms with E-state index < -0.39 is 11.2 Å². The van der Waals surface area contributed by atoms with Crippen LogP contribution in [0.3, 0.4) is 0 Å². The van der Waals surface area contributed by atoms with E-state index in [1.54, 1.807) is 31.2 Å². The number of thiocarbonyl (C=S) groups is 1. The molecule has 0 aromatic heterocycles. The van der Waals surface area contributed by atoms with Gasteiger partial charge in [-0.3, -0.25) is 9.59 Å². The van der Waals surface area contributed by atoms with Crippen LogP contribution in [0.25, 0.3) is 0 Å². The Morgan fingerprint density at radius 2 is 2.06 bits per heavy atom. The normalized spacial score (nSPS) is 11.6. The number of hydrogen-bond acceptors (Lipinski definition) is 5. The Hall–Kier alpha value is -0.850. The van der Waals surface area contributed by atoms with Crippen LogP contribution in [0.4, 0.5) is 0 Å². The third-order valence-corrected chi connectivity index (χ3v) is 3.20. The molecule has 0 aliphatic rings. The third-order valence-electron chi connectivity index (χ3n) is 1.84. The van der Waals surface area contributed by atoms with Gasteiger partial charge in [0, 0.05) is 5.56 Å². The summed E-state index contributed by atoms with van der Waals surface area (Å²) >= 11 is 9.86. The number of carbonyl (C=O) groups excluding carboxylic acids is 2. The SMILES string of the molecule is CC(SC(=S)S)C(=O)Oc1ccc(C=O)cc1. The number of thioether (sulfide) groups is 1. The summed E-state index contributed by atoms with van der Waals surface area (Å²) in [6.07, 6.45) is 0.726. The second-order valence-electron chi connectivity index (χ2n) is 3.13. The lowest BCUT2D eigenvalue weighted by Gasteiger charge is -2.09. The van der Waals surface area contributed by atoms with E-state index in [9.17, 15) is 9.59 Å². The summed E-state index contributed by atoms with van der Waals surface area (Å²) in [6.45, 7) is 1.69. The minimum atomic E-state index is -0.411. The van der Waals surface area contributed by atoms with E-state index in [0.717, 1.165) is 18.0 Å². The van der Waals surface area contributed by atoms with Crippen molar-refractivity contribution in [3.63, 3.8) is 0 Å². The molecule has 0 bridgehead atoms. The zero-order chi connectivity index (χ0) is 12.8. The van der Waals surface area contributed by atoms with Crippen molar-refractivity contribution in [2.45, 2.75) is 12.2 Å². The Bertz CT molecular complexity index is 428. The number of rotatable bonds is 4. The quantitative estimate of drug-likeness (QED) is 0.303. The minimum absolute atomic E-state index is 0.394. The van der Waals surface area contributed by atoms with Crippen molar-refractivity contribution in [2.24, 2.45) is 0 Å². The lowest BCUT2D eigenvalue weighted by molar-refractivity contribution is -0.133. The van der Waals surface area contributed by atoms with Crippen molar-refractivity contribution in [2.75, 3.05) is 0 Å². The highest BCUT2D eigenvalue weighted by molar-refractivity contribution is 8.42. The van der Waals surface area contributed by atoms with E-state index in [0.29, 0.717) is 14.8 Å². The number of aldehydes is 1. The summed E-state index contributed by atoms with van der Waals surface area (Å²) in [4.78, 5) is 22.0. The molecular formula is C11H10O3S3. The number of esters is 1. The molecule has 0 heterocycles. The molecule has 0 saturated carbocycles. The Morgan fingerprint density at radius 1 is 1.47 bits per heavy atom. The summed E-state index contributed by atoms with van der Waals surface area (Å²) in [5, 5.41) is -0.411. The molecule has 0 spiro atoms. The average Bonchev–Trinajstić information content (AvgIpc) is 2.29. The van der Waals surface area contributed by atoms with Gasteiger partial charge in [0.25, 0.3) is 0 Å². The van der Waals surface area contributed by atoms with Crippen molar-refractivity contribution < 1.29 is 14.3 Å². The Labute approximate surface area is 114 Å². The summed E-state index contributed by atoms with van der Waals surface area (Å²) in [5.74, 6) is 0.00313. The van der Waals surface area contributed by atoms with E-state index in [2.05, 4.69) is 12.6 Å². The van der Waals surface area contributed by atoms with E-state index in [1.807, 2.05) is 0 Å². The third kappa shape index (κ3) is 4.89. The maximum atomic E-state index is 11.6. The number of hydrogen-bond donors (Lipinski definition) is 1. The molecule has 1 aromatic rings. The molecule has 1 rings (SSSR count). The first-order chi connectivity index (χ1) is 8.02. The van der Waals surface area contributed by atoms with E-state index in [-0.39, 0.29) is 0 Å². The summed E-state index contributed by atoms with van der Waals surface area (Å²) < 4.78 is 5.50. The van der Waals surface area contributed by atoms with Gasteiger partial charge in [0.2, 0.25) is 0 Å². The van der Waals surface area contributed by atoms with E-state index in [4.69, 9.17) is 17.0 Å². The smallest absolute Gasteiger partial charge is 0.324 e. The highest BCUT2D eigenvalue weighted by Gasteiger charge is 2.16. The molecule has 0 aliphatic heterocycles. The fourth-order valence-corrected chi connectivity index (χ4v) is 2.37. The van der Waals surface area contributed by atoms with Crippen molar-refractivity contribution >= 4 is 52.4 Å². The van der Waals surface area contributed by atoms with Crippen LogP contribution in [0.5, 0.6) is 5.75 Å². The molecule has 6 heteroatoms. The Morgan fingerprint density at radius 3 is 2.53 bits per heavy atom.